The van der Waals surface area contributed by atoms with E-state index in [4.69, 9.17) is 0 Å². The molecule has 2 aliphatic heterocycles. The number of fused-ring (bicyclic) bond motifs is 1. The Labute approximate surface area is 155 Å². The first-order chi connectivity index (χ1) is 13.0. The van der Waals surface area contributed by atoms with Crippen molar-refractivity contribution in [3.05, 3.63) is 63.2 Å². The average Bonchev–Trinajstić information content (AvgIpc) is 2.93. The number of carbonyl (C=O) groups is 2. The van der Waals surface area contributed by atoms with Crippen LogP contribution in [0.5, 0.6) is 0 Å². The number of nitrogens with zero attached hydrogens (tertiary/aromatic N) is 3. The van der Waals surface area contributed by atoms with Gasteiger partial charge in [0.1, 0.15) is 5.69 Å². The van der Waals surface area contributed by atoms with Gasteiger partial charge < -0.3 is 10.2 Å². The maximum absolute atomic E-state index is 12.8. The van der Waals surface area contributed by atoms with Crippen molar-refractivity contribution in [2.24, 2.45) is 0 Å². The Balaban J connectivity index is 1.83. The van der Waals surface area contributed by atoms with Crippen molar-refractivity contribution in [2.75, 3.05) is 36.0 Å². The van der Waals surface area contributed by atoms with Gasteiger partial charge >= 0.3 is 0 Å². The number of hydrogen-bond donors (Lipinski definition) is 1. The average molecular weight is 366 g/mol. The molecule has 1 saturated heterocycles. The lowest BCUT2D eigenvalue weighted by Crippen LogP contribution is -2.43. The van der Waals surface area contributed by atoms with Gasteiger partial charge in [-0.25, -0.2) is 4.90 Å². The maximum Gasteiger partial charge on any atom is 0.292 e. The number of carbonyl (C=O) groups excluding carboxylic acids is 2. The Bertz CT molecular complexity index is 931. The molecule has 138 valence electrons. The molecule has 4 rings (SSSR count). The molecule has 0 bridgehead atoms. The summed E-state index contributed by atoms with van der Waals surface area (Å²) in [6.45, 7) is 4.34. The van der Waals surface area contributed by atoms with E-state index >= 15 is 0 Å². The summed E-state index contributed by atoms with van der Waals surface area (Å²) in [5.41, 5.74) is 2.01. The molecule has 1 fully saturated rings. The second-order valence-corrected chi connectivity index (χ2v) is 6.61. The summed E-state index contributed by atoms with van der Waals surface area (Å²) in [6, 6.07) is 9.70. The number of nitrogens with one attached hydrogen (secondary N) is 1. The zero-order chi connectivity index (χ0) is 19.1. The summed E-state index contributed by atoms with van der Waals surface area (Å²) in [5, 5.41) is 14.8. The number of imide groups is 1. The first-order valence-electron chi connectivity index (χ1n) is 8.71. The van der Waals surface area contributed by atoms with Crippen LogP contribution in [0.25, 0.3) is 0 Å². The number of nitro groups is 1. The van der Waals surface area contributed by atoms with Gasteiger partial charge in [-0.3, -0.25) is 19.7 Å². The van der Waals surface area contributed by atoms with Crippen molar-refractivity contribution in [3.8, 4) is 0 Å². The second-order valence-electron chi connectivity index (χ2n) is 6.61. The molecular formula is C19H18N4O4. The molecule has 2 aliphatic rings. The first-order valence-corrected chi connectivity index (χ1v) is 8.71. The first kappa shape index (κ1) is 17.2. The van der Waals surface area contributed by atoms with E-state index in [0.29, 0.717) is 54.2 Å². The minimum Gasteiger partial charge on any atom is -0.363 e. The number of nitro benzene ring substituents is 1. The van der Waals surface area contributed by atoms with Gasteiger partial charge in [-0.05, 0) is 30.7 Å². The number of piperazine rings is 1. The highest BCUT2D eigenvalue weighted by Crippen LogP contribution is 2.38. The van der Waals surface area contributed by atoms with Gasteiger partial charge in [0.15, 0.2) is 0 Å². The summed E-state index contributed by atoms with van der Waals surface area (Å²) in [5.74, 6) is -0.808. The minimum atomic E-state index is -0.420. The zero-order valence-corrected chi connectivity index (χ0v) is 14.8. The van der Waals surface area contributed by atoms with E-state index in [1.54, 1.807) is 37.3 Å². The van der Waals surface area contributed by atoms with Crippen molar-refractivity contribution >= 4 is 28.9 Å². The topological polar surface area (TPSA) is 95.8 Å². The highest BCUT2D eigenvalue weighted by atomic mass is 16.6. The molecule has 2 heterocycles. The predicted octanol–water partition coefficient (Wildman–Crippen LogP) is 2.11. The molecule has 2 aromatic rings. The Morgan fingerprint density at radius 2 is 1.59 bits per heavy atom. The molecule has 2 amide bonds. The van der Waals surface area contributed by atoms with E-state index < -0.39 is 16.7 Å². The fraction of sp³-hybridized carbons (Fsp3) is 0.263. The number of hydrogen-bond acceptors (Lipinski definition) is 6. The van der Waals surface area contributed by atoms with Gasteiger partial charge in [0.25, 0.3) is 17.5 Å². The summed E-state index contributed by atoms with van der Waals surface area (Å²) in [4.78, 5) is 39.8. The van der Waals surface area contributed by atoms with E-state index in [0.717, 1.165) is 4.90 Å². The molecule has 0 radical (unpaired) electrons. The lowest BCUT2D eigenvalue weighted by Gasteiger charge is -2.30. The highest BCUT2D eigenvalue weighted by molar-refractivity contribution is 6.34. The SMILES string of the molecule is Cc1cc([N+](=O)[O-])c(N2CCNCC2)cc1N1C(=O)c2ccccc2C1=O. The van der Waals surface area contributed by atoms with Crippen molar-refractivity contribution in [3.63, 3.8) is 0 Å². The van der Waals surface area contributed by atoms with E-state index in [2.05, 4.69) is 5.32 Å². The summed E-state index contributed by atoms with van der Waals surface area (Å²) >= 11 is 0. The molecule has 0 atom stereocenters. The van der Waals surface area contributed by atoms with Crippen LogP contribution in [0.2, 0.25) is 0 Å². The van der Waals surface area contributed by atoms with Gasteiger partial charge in [0.2, 0.25) is 0 Å². The Morgan fingerprint density at radius 3 is 2.15 bits per heavy atom. The molecular weight excluding hydrogens is 348 g/mol. The number of amides is 2. The van der Waals surface area contributed by atoms with Crippen LogP contribution < -0.4 is 15.1 Å². The van der Waals surface area contributed by atoms with Crippen molar-refractivity contribution < 1.29 is 14.5 Å². The standard InChI is InChI=1S/C19H18N4O4/c1-12-10-17(23(26)27)16(21-8-6-20-7-9-21)11-15(12)22-18(24)13-4-2-3-5-14(13)19(22)25/h2-5,10-11,20H,6-9H2,1H3. The van der Waals surface area contributed by atoms with Crippen LogP contribution in [0, 0.1) is 17.0 Å². The van der Waals surface area contributed by atoms with Gasteiger partial charge in [0.05, 0.1) is 21.7 Å². The molecule has 2 aromatic carbocycles. The van der Waals surface area contributed by atoms with E-state index in [9.17, 15) is 19.7 Å². The van der Waals surface area contributed by atoms with Crippen LogP contribution in [0.15, 0.2) is 36.4 Å². The molecule has 0 saturated carbocycles. The number of aryl methyl sites for hydroxylation is 1. The van der Waals surface area contributed by atoms with Crippen LogP contribution >= 0.6 is 0 Å². The molecule has 1 N–H and O–H groups in total. The Morgan fingerprint density at radius 1 is 1.00 bits per heavy atom. The molecule has 0 spiro atoms. The van der Waals surface area contributed by atoms with Gasteiger partial charge in [-0.2, -0.15) is 0 Å². The summed E-state index contributed by atoms with van der Waals surface area (Å²) < 4.78 is 0. The summed E-state index contributed by atoms with van der Waals surface area (Å²) in [6.07, 6.45) is 0. The fourth-order valence-electron chi connectivity index (χ4n) is 3.62. The molecule has 0 aliphatic carbocycles. The van der Waals surface area contributed by atoms with E-state index in [1.807, 2.05) is 4.90 Å². The molecule has 8 nitrogen and oxygen atoms in total. The number of benzene rings is 2. The van der Waals surface area contributed by atoms with Gasteiger partial charge in [-0.15, -0.1) is 0 Å². The van der Waals surface area contributed by atoms with Crippen LogP contribution in [0.3, 0.4) is 0 Å². The van der Waals surface area contributed by atoms with E-state index in [-0.39, 0.29) is 5.69 Å². The van der Waals surface area contributed by atoms with Crippen molar-refractivity contribution in [1.82, 2.24) is 5.32 Å². The molecule has 0 unspecified atom stereocenters. The monoisotopic (exact) mass is 366 g/mol. The Hall–Kier alpha value is -3.26. The Kier molecular flexibility index (Phi) is 4.12. The third-order valence-corrected chi connectivity index (χ3v) is 4.98. The molecule has 0 aromatic heterocycles. The number of anilines is 2. The van der Waals surface area contributed by atoms with Crippen molar-refractivity contribution in [2.45, 2.75) is 6.92 Å². The van der Waals surface area contributed by atoms with Crippen LogP contribution in [0.1, 0.15) is 26.3 Å². The second kappa shape index (κ2) is 6.48. The highest BCUT2D eigenvalue weighted by Gasteiger charge is 2.38. The minimum absolute atomic E-state index is 0.0187. The van der Waals surface area contributed by atoms with E-state index in [1.165, 1.54) is 6.07 Å². The van der Waals surface area contributed by atoms with Crippen LogP contribution in [-0.4, -0.2) is 42.9 Å². The molecule has 27 heavy (non-hydrogen) atoms. The van der Waals surface area contributed by atoms with Crippen LogP contribution in [0.4, 0.5) is 17.1 Å². The maximum atomic E-state index is 12.8. The molecule has 8 heteroatoms. The third-order valence-electron chi connectivity index (χ3n) is 4.98. The number of rotatable bonds is 3. The lowest BCUT2D eigenvalue weighted by atomic mass is 10.1. The van der Waals surface area contributed by atoms with Gasteiger partial charge in [0, 0.05) is 32.2 Å². The van der Waals surface area contributed by atoms with Gasteiger partial charge in [-0.1, -0.05) is 12.1 Å². The normalized spacial score (nSPS) is 16.6. The quantitative estimate of drug-likeness (QED) is 0.508. The lowest BCUT2D eigenvalue weighted by molar-refractivity contribution is -0.384. The van der Waals surface area contributed by atoms with Crippen molar-refractivity contribution in [1.29, 1.82) is 0 Å². The van der Waals surface area contributed by atoms with Crippen LogP contribution in [-0.2, 0) is 0 Å². The predicted molar refractivity (Wildman–Crippen MR) is 100 cm³/mol. The smallest absolute Gasteiger partial charge is 0.292 e. The largest absolute Gasteiger partial charge is 0.363 e. The fourth-order valence-corrected chi connectivity index (χ4v) is 3.62. The third kappa shape index (κ3) is 2.74. The zero-order valence-electron chi connectivity index (χ0n) is 14.8. The summed E-state index contributed by atoms with van der Waals surface area (Å²) in [7, 11) is 0.